The summed E-state index contributed by atoms with van der Waals surface area (Å²) in [4.78, 5) is 24.0. The fourth-order valence-corrected chi connectivity index (χ4v) is 2.75. The first kappa shape index (κ1) is 16.3. The summed E-state index contributed by atoms with van der Waals surface area (Å²) in [6.45, 7) is 2.28. The Morgan fingerprint density at radius 3 is 2.83 bits per heavy atom. The summed E-state index contributed by atoms with van der Waals surface area (Å²) in [7, 11) is 0. The predicted octanol–water partition coefficient (Wildman–Crippen LogP) is 3.98. The Morgan fingerprint density at radius 2 is 2.00 bits per heavy atom. The van der Waals surface area contributed by atoms with Gasteiger partial charge in [0.2, 0.25) is 5.91 Å². The maximum Gasteiger partial charge on any atom is 0.419 e. The minimum atomic E-state index is -0.401. The summed E-state index contributed by atoms with van der Waals surface area (Å²) in [5.41, 5.74) is 2.85. The maximum absolute atomic E-state index is 12.1. The molecule has 0 aliphatic heterocycles. The molecule has 0 bridgehead atoms. The van der Waals surface area contributed by atoms with Crippen LogP contribution in [0.1, 0.15) is 18.4 Å². The van der Waals surface area contributed by atoms with Crippen molar-refractivity contribution in [2.24, 2.45) is 0 Å². The van der Waals surface area contributed by atoms with E-state index < -0.39 is 5.76 Å². The normalized spacial score (nSPS) is 10.9. The number of aryl methyl sites for hydroxylation is 1. The number of nitrogens with zero attached hydrogens (tertiary/aromatic N) is 1. The second kappa shape index (κ2) is 6.93. The van der Waals surface area contributed by atoms with E-state index in [0.29, 0.717) is 35.7 Å². The second-order valence-electron chi connectivity index (χ2n) is 5.55. The van der Waals surface area contributed by atoms with Crippen molar-refractivity contribution in [1.29, 1.82) is 0 Å². The number of anilines is 1. The lowest BCUT2D eigenvalue weighted by Crippen LogP contribution is -2.17. The highest BCUT2D eigenvalue weighted by Crippen LogP contribution is 2.23. The smallest absolute Gasteiger partial charge is 0.408 e. The number of para-hydroxylation sites is 2. The summed E-state index contributed by atoms with van der Waals surface area (Å²) in [5.74, 6) is -0.511. The fraction of sp³-hybridized carbons (Fsp3) is 0.222. The molecule has 1 amide bonds. The zero-order valence-corrected chi connectivity index (χ0v) is 14.0. The van der Waals surface area contributed by atoms with Gasteiger partial charge in [0, 0.05) is 23.7 Å². The summed E-state index contributed by atoms with van der Waals surface area (Å²) >= 11 is 6.04. The van der Waals surface area contributed by atoms with Crippen LogP contribution >= 0.6 is 11.6 Å². The van der Waals surface area contributed by atoms with Crippen molar-refractivity contribution in [2.75, 3.05) is 5.32 Å². The Kier molecular flexibility index (Phi) is 4.71. The topological polar surface area (TPSA) is 64.2 Å². The van der Waals surface area contributed by atoms with Crippen LogP contribution in [0.2, 0.25) is 5.02 Å². The molecule has 0 radical (unpaired) electrons. The number of benzene rings is 2. The van der Waals surface area contributed by atoms with E-state index in [1.807, 2.05) is 31.2 Å². The first-order valence-electron chi connectivity index (χ1n) is 7.69. The van der Waals surface area contributed by atoms with Crippen LogP contribution in [-0.4, -0.2) is 10.5 Å². The van der Waals surface area contributed by atoms with Crippen LogP contribution in [-0.2, 0) is 11.3 Å². The van der Waals surface area contributed by atoms with E-state index >= 15 is 0 Å². The average Bonchev–Trinajstić information content (AvgIpc) is 2.88. The molecule has 1 aromatic heterocycles. The summed E-state index contributed by atoms with van der Waals surface area (Å²) in [5, 5.41) is 3.46. The molecule has 6 heteroatoms. The van der Waals surface area contributed by atoms with Crippen LogP contribution < -0.4 is 11.1 Å². The summed E-state index contributed by atoms with van der Waals surface area (Å²) < 4.78 is 6.72. The number of halogens is 1. The number of carbonyl (C=O) groups excluding carboxylic acids is 1. The molecule has 0 atom stereocenters. The molecule has 0 aliphatic rings. The largest absolute Gasteiger partial charge is 0.419 e. The molecule has 0 spiro atoms. The number of hydrogen-bond donors (Lipinski definition) is 1. The lowest BCUT2D eigenvalue weighted by atomic mass is 10.2. The van der Waals surface area contributed by atoms with Crippen LogP contribution in [0.4, 0.5) is 5.69 Å². The number of rotatable bonds is 5. The highest BCUT2D eigenvalue weighted by atomic mass is 35.5. The molecular formula is C18H17ClN2O3. The Morgan fingerprint density at radius 1 is 1.21 bits per heavy atom. The van der Waals surface area contributed by atoms with Gasteiger partial charge in [-0.3, -0.25) is 9.36 Å². The molecule has 0 unspecified atom stereocenters. The summed E-state index contributed by atoms with van der Waals surface area (Å²) in [6.07, 6.45) is 0.840. The van der Waals surface area contributed by atoms with Crippen LogP contribution in [0, 0.1) is 6.92 Å². The van der Waals surface area contributed by atoms with Gasteiger partial charge in [0.05, 0.1) is 5.52 Å². The zero-order chi connectivity index (χ0) is 17.1. The van der Waals surface area contributed by atoms with Gasteiger partial charge in [0.25, 0.3) is 0 Å². The van der Waals surface area contributed by atoms with Gasteiger partial charge < -0.3 is 9.73 Å². The highest BCUT2D eigenvalue weighted by Gasteiger charge is 2.10. The molecule has 0 saturated heterocycles. The van der Waals surface area contributed by atoms with E-state index in [9.17, 15) is 9.59 Å². The minimum absolute atomic E-state index is 0.110. The van der Waals surface area contributed by atoms with Crippen LogP contribution in [0.5, 0.6) is 0 Å². The Balaban J connectivity index is 1.62. The number of oxazole rings is 1. The van der Waals surface area contributed by atoms with Crippen LogP contribution in [0.15, 0.2) is 51.7 Å². The second-order valence-corrected chi connectivity index (χ2v) is 5.96. The number of amides is 1. The minimum Gasteiger partial charge on any atom is -0.408 e. The van der Waals surface area contributed by atoms with Crippen molar-refractivity contribution in [3.05, 3.63) is 63.6 Å². The van der Waals surface area contributed by atoms with Gasteiger partial charge in [-0.05, 0) is 43.2 Å². The molecule has 1 N–H and O–H groups in total. The Labute approximate surface area is 143 Å². The number of hydrogen-bond acceptors (Lipinski definition) is 3. The molecule has 0 saturated carbocycles. The number of carbonyl (C=O) groups is 1. The lowest BCUT2D eigenvalue weighted by molar-refractivity contribution is -0.116. The summed E-state index contributed by atoms with van der Waals surface area (Å²) in [6, 6.07) is 12.6. The third-order valence-corrected chi connectivity index (χ3v) is 4.31. The van der Waals surface area contributed by atoms with Crippen molar-refractivity contribution in [2.45, 2.75) is 26.3 Å². The third kappa shape index (κ3) is 3.36. The van der Waals surface area contributed by atoms with E-state index in [4.69, 9.17) is 16.0 Å². The van der Waals surface area contributed by atoms with E-state index in [0.717, 1.165) is 11.1 Å². The molecule has 1 heterocycles. The van der Waals surface area contributed by atoms with Gasteiger partial charge in [-0.25, -0.2) is 4.79 Å². The van der Waals surface area contributed by atoms with Gasteiger partial charge in [0.15, 0.2) is 5.58 Å². The molecule has 0 fully saturated rings. The first-order chi connectivity index (χ1) is 11.6. The number of nitrogens with one attached hydrogen (secondary N) is 1. The van der Waals surface area contributed by atoms with Crippen LogP contribution in [0.3, 0.4) is 0 Å². The van der Waals surface area contributed by atoms with E-state index in [1.54, 1.807) is 22.8 Å². The predicted molar refractivity (Wildman–Crippen MR) is 94.5 cm³/mol. The van der Waals surface area contributed by atoms with Gasteiger partial charge in [-0.2, -0.15) is 0 Å². The SMILES string of the molecule is Cc1c(Cl)cccc1NC(=O)CCCn1c(=O)oc2ccccc21. The van der Waals surface area contributed by atoms with Gasteiger partial charge in [0.1, 0.15) is 0 Å². The number of aromatic nitrogens is 1. The molecule has 2 aromatic carbocycles. The quantitative estimate of drug-likeness (QED) is 0.761. The Hall–Kier alpha value is -2.53. The zero-order valence-electron chi connectivity index (χ0n) is 13.2. The fourth-order valence-electron chi connectivity index (χ4n) is 2.58. The van der Waals surface area contributed by atoms with E-state index in [2.05, 4.69) is 5.32 Å². The first-order valence-corrected chi connectivity index (χ1v) is 8.07. The van der Waals surface area contributed by atoms with Gasteiger partial charge in [-0.15, -0.1) is 0 Å². The Bertz CT molecular complexity index is 943. The third-order valence-electron chi connectivity index (χ3n) is 3.90. The molecule has 0 aliphatic carbocycles. The monoisotopic (exact) mass is 344 g/mol. The van der Waals surface area contributed by atoms with E-state index in [-0.39, 0.29) is 5.91 Å². The van der Waals surface area contributed by atoms with Crippen molar-refractivity contribution >= 4 is 34.3 Å². The molecule has 3 aromatic rings. The average molecular weight is 345 g/mol. The molecule has 3 rings (SSSR count). The molecular weight excluding hydrogens is 328 g/mol. The highest BCUT2D eigenvalue weighted by molar-refractivity contribution is 6.31. The van der Waals surface area contributed by atoms with Crippen molar-refractivity contribution in [3.63, 3.8) is 0 Å². The van der Waals surface area contributed by atoms with Gasteiger partial charge >= 0.3 is 5.76 Å². The van der Waals surface area contributed by atoms with Crippen LogP contribution in [0.25, 0.3) is 11.1 Å². The maximum atomic E-state index is 12.1. The van der Waals surface area contributed by atoms with Gasteiger partial charge in [-0.1, -0.05) is 29.8 Å². The lowest BCUT2D eigenvalue weighted by Gasteiger charge is -2.09. The molecule has 5 nitrogen and oxygen atoms in total. The van der Waals surface area contributed by atoms with Crippen molar-refractivity contribution in [1.82, 2.24) is 4.57 Å². The molecule has 24 heavy (non-hydrogen) atoms. The van der Waals surface area contributed by atoms with Crippen molar-refractivity contribution < 1.29 is 9.21 Å². The molecule has 124 valence electrons. The van der Waals surface area contributed by atoms with E-state index in [1.165, 1.54) is 0 Å². The standard InChI is InChI=1S/C18H17ClN2O3/c1-12-13(19)6-4-7-14(12)20-17(22)10-5-11-21-15-8-2-3-9-16(15)24-18(21)23/h2-4,6-9H,5,10-11H2,1H3,(H,20,22). The number of fused-ring (bicyclic) bond motifs is 1. The van der Waals surface area contributed by atoms with Crippen molar-refractivity contribution in [3.8, 4) is 0 Å².